The summed E-state index contributed by atoms with van der Waals surface area (Å²) in [7, 11) is 0. The molecule has 1 unspecified atom stereocenters. The number of phenolic OH excluding ortho intramolecular Hbond substituents is 1. The number of para-hydroxylation sites is 1. The molecule has 0 aliphatic rings. The molecule has 0 saturated heterocycles. The molecule has 0 radical (unpaired) electrons. The lowest BCUT2D eigenvalue weighted by atomic mass is 9.98. The fourth-order valence-electron chi connectivity index (χ4n) is 1.62. The van der Waals surface area contributed by atoms with Crippen molar-refractivity contribution in [3.8, 4) is 5.75 Å². The summed E-state index contributed by atoms with van der Waals surface area (Å²) in [6.45, 7) is 8.57. The molecule has 1 atom stereocenters. The minimum absolute atomic E-state index is 0.0989. The Balaban J connectivity index is 2.78. The SMILES string of the molecule is CCC(C)(C)NC(C)c1ccccc1O. The molecule has 0 heterocycles. The van der Waals surface area contributed by atoms with E-state index in [1.54, 1.807) is 6.07 Å². The predicted octanol–water partition coefficient (Wildman–Crippen LogP) is 3.23. The molecule has 2 nitrogen and oxygen atoms in total. The molecule has 0 aliphatic carbocycles. The van der Waals surface area contributed by atoms with Crippen molar-refractivity contribution in [3.05, 3.63) is 29.8 Å². The maximum Gasteiger partial charge on any atom is 0.120 e. The van der Waals surface area contributed by atoms with Crippen molar-refractivity contribution in [2.24, 2.45) is 0 Å². The molecule has 1 aromatic carbocycles. The molecule has 0 aliphatic heterocycles. The molecule has 0 aromatic heterocycles. The molecule has 1 aromatic rings. The Morgan fingerprint density at radius 1 is 1.33 bits per heavy atom. The van der Waals surface area contributed by atoms with Crippen molar-refractivity contribution in [2.45, 2.75) is 45.7 Å². The first-order chi connectivity index (χ1) is 6.96. The highest BCUT2D eigenvalue weighted by molar-refractivity contribution is 5.34. The van der Waals surface area contributed by atoms with E-state index in [9.17, 15) is 5.11 Å². The van der Waals surface area contributed by atoms with Crippen LogP contribution in [0.15, 0.2) is 24.3 Å². The largest absolute Gasteiger partial charge is 0.508 e. The Labute approximate surface area is 92.3 Å². The van der Waals surface area contributed by atoms with Gasteiger partial charge in [0, 0.05) is 17.1 Å². The van der Waals surface area contributed by atoms with Gasteiger partial charge in [-0.15, -0.1) is 0 Å². The third-order valence-corrected chi connectivity index (χ3v) is 2.89. The quantitative estimate of drug-likeness (QED) is 0.794. The van der Waals surface area contributed by atoms with E-state index in [0.29, 0.717) is 5.75 Å². The van der Waals surface area contributed by atoms with Crippen LogP contribution in [0.25, 0.3) is 0 Å². The maximum atomic E-state index is 9.71. The predicted molar refractivity (Wildman–Crippen MR) is 64.0 cm³/mol. The minimum Gasteiger partial charge on any atom is -0.508 e. The van der Waals surface area contributed by atoms with Gasteiger partial charge in [0.2, 0.25) is 0 Å². The van der Waals surface area contributed by atoms with E-state index in [1.165, 1.54) is 0 Å². The summed E-state index contributed by atoms with van der Waals surface area (Å²) in [4.78, 5) is 0. The molecule has 0 saturated carbocycles. The average molecular weight is 207 g/mol. The first kappa shape index (κ1) is 12.1. The lowest BCUT2D eigenvalue weighted by molar-refractivity contribution is 0.332. The van der Waals surface area contributed by atoms with Crippen LogP contribution < -0.4 is 5.32 Å². The molecular formula is C13H21NO. The zero-order chi connectivity index (χ0) is 11.5. The van der Waals surface area contributed by atoms with E-state index < -0.39 is 0 Å². The molecule has 15 heavy (non-hydrogen) atoms. The van der Waals surface area contributed by atoms with Gasteiger partial charge in [-0.2, -0.15) is 0 Å². The number of hydrogen-bond donors (Lipinski definition) is 2. The summed E-state index contributed by atoms with van der Waals surface area (Å²) in [6.07, 6.45) is 1.06. The topological polar surface area (TPSA) is 32.3 Å². The van der Waals surface area contributed by atoms with Crippen molar-refractivity contribution in [3.63, 3.8) is 0 Å². The van der Waals surface area contributed by atoms with Crippen LogP contribution in [-0.2, 0) is 0 Å². The monoisotopic (exact) mass is 207 g/mol. The van der Waals surface area contributed by atoms with Gasteiger partial charge < -0.3 is 10.4 Å². The molecule has 84 valence electrons. The Bertz CT molecular complexity index is 320. The van der Waals surface area contributed by atoms with Crippen LogP contribution in [0.3, 0.4) is 0 Å². The van der Waals surface area contributed by atoms with Crippen molar-refractivity contribution in [1.82, 2.24) is 5.32 Å². The van der Waals surface area contributed by atoms with Crippen LogP contribution in [0.1, 0.15) is 45.7 Å². The van der Waals surface area contributed by atoms with Gasteiger partial charge in [-0.25, -0.2) is 0 Å². The van der Waals surface area contributed by atoms with Gasteiger partial charge in [0.25, 0.3) is 0 Å². The van der Waals surface area contributed by atoms with E-state index in [0.717, 1.165) is 12.0 Å². The highest BCUT2D eigenvalue weighted by atomic mass is 16.3. The van der Waals surface area contributed by atoms with Gasteiger partial charge in [0.15, 0.2) is 0 Å². The van der Waals surface area contributed by atoms with Gasteiger partial charge in [-0.3, -0.25) is 0 Å². The van der Waals surface area contributed by atoms with Crippen LogP contribution in [0.5, 0.6) is 5.75 Å². The van der Waals surface area contributed by atoms with Crippen LogP contribution in [0, 0.1) is 0 Å². The lowest BCUT2D eigenvalue weighted by Gasteiger charge is -2.29. The summed E-state index contributed by atoms with van der Waals surface area (Å²) in [5.74, 6) is 0.365. The van der Waals surface area contributed by atoms with Gasteiger partial charge >= 0.3 is 0 Å². The molecular weight excluding hydrogens is 186 g/mol. The minimum atomic E-state index is 0.0989. The van der Waals surface area contributed by atoms with E-state index >= 15 is 0 Å². The number of aromatic hydroxyl groups is 1. The Morgan fingerprint density at radius 3 is 2.47 bits per heavy atom. The molecule has 0 fully saturated rings. The summed E-state index contributed by atoms with van der Waals surface area (Å²) < 4.78 is 0. The molecule has 0 bridgehead atoms. The second-order valence-corrected chi connectivity index (χ2v) is 4.66. The van der Waals surface area contributed by atoms with Gasteiger partial charge in [0.1, 0.15) is 5.75 Å². The number of benzene rings is 1. The summed E-state index contributed by atoms with van der Waals surface area (Å²) in [5, 5.41) is 13.2. The zero-order valence-electron chi connectivity index (χ0n) is 10.0. The number of phenols is 1. The van der Waals surface area contributed by atoms with E-state index in [1.807, 2.05) is 18.2 Å². The zero-order valence-corrected chi connectivity index (χ0v) is 10.0. The lowest BCUT2D eigenvalue weighted by Crippen LogP contribution is -2.40. The third kappa shape index (κ3) is 3.24. The maximum absolute atomic E-state index is 9.71. The van der Waals surface area contributed by atoms with Gasteiger partial charge in [-0.1, -0.05) is 25.1 Å². The van der Waals surface area contributed by atoms with Crippen molar-refractivity contribution >= 4 is 0 Å². The van der Waals surface area contributed by atoms with Crippen LogP contribution >= 0.6 is 0 Å². The molecule has 2 N–H and O–H groups in total. The highest BCUT2D eigenvalue weighted by Crippen LogP contribution is 2.25. The summed E-state index contributed by atoms with van der Waals surface area (Å²) >= 11 is 0. The Morgan fingerprint density at radius 2 is 1.93 bits per heavy atom. The Hall–Kier alpha value is -1.02. The fourth-order valence-corrected chi connectivity index (χ4v) is 1.62. The smallest absolute Gasteiger partial charge is 0.120 e. The molecule has 2 heteroatoms. The third-order valence-electron chi connectivity index (χ3n) is 2.89. The van der Waals surface area contributed by atoms with Gasteiger partial charge in [0.05, 0.1) is 0 Å². The van der Waals surface area contributed by atoms with E-state index in [-0.39, 0.29) is 11.6 Å². The first-order valence-electron chi connectivity index (χ1n) is 5.52. The molecule has 0 spiro atoms. The Kier molecular flexibility index (Phi) is 3.75. The second-order valence-electron chi connectivity index (χ2n) is 4.66. The first-order valence-corrected chi connectivity index (χ1v) is 5.52. The molecule has 0 amide bonds. The van der Waals surface area contributed by atoms with Crippen molar-refractivity contribution in [1.29, 1.82) is 0 Å². The number of rotatable bonds is 4. The van der Waals surface area contributed by atoms with Gasteiger partial charge in [-0.05, 0) is 33.3 Å². The van der Waals surface area contributed by atoms with Crippen molar-refractivity contribution < 1.29 is 5.11 Å². The van der Waals surface area contributed by atoms with E-state index in [2.05, 4.69) is 33.0 Å². The fraction of sp³-hybridized carbons (Fsp3) is 0.538. The molecule has 1 rings (SSSR count). The summed E-state index contributed by atoms with van der Waals surface area (Å²) in [5.41, 5.74) is 1.06. The van der Waals surface area contributed by atoms with Crippen molar-refractivity contribution in [2.75, 3.05) is 0 Å². The highest BCUT2D eigenvalue weighted by Gasteiger charge is 2.19. The standard InChI is InChI=1S/C13H21NO/c1-5-13(3,4)14-10(2)11-8-6-7-9-12(11)15/h6-10,14-15H,5H2,1-4H3. The second kappa shape index (κ2) is 4.67. The average Bonchev–Trinajstić information content (AvgIpc) is 2.17. The number of nitrogens with one attached hydrogen (secondary N) is 1. The van der Waals surface area contributed by atoms with E-state index in [4.69, 9.17) is 0 Å². The van der Waals surface area contributed by atoms with Crippen LogP contribution in [-0.4, -0.2) is 10.6 Å². The normalized spacial score (nSPS) is 13.9. The summed E-state index contributed by atoms with van der Waals surface area (Å²) in [6, 6.07) is 7.65. The van der Waals surface area contributed by atoms with Crippen LogP contribution in [0.4, 0.5) is 0 Å². The number of hydrogen-bond acceptors (Lipinski definition) is 2. The van der Waals surface area contributed by atoms with Crippen LogP contribution in [0.2, 0.25) is 0 Å².